The molecule has 0 saturated carbocycles. The van der Waals surface area contributed by atoms with Crippen molar-refractivity contribution in [3.05, 3.63) is 59.4 Å². The van der Waals surface area contributed by atoms with Crippen LogP contribution in [0.2, 0.25) is 0 Å². The maximum absolute atomic E-state index is 13.6. The van der Waals surface area contributed by atoms with Crippen LogP contribution in [-0.4, -0.2) is 23.4 Å². The van der Waals surface area contributed by atoms with Crippen molar-refractivity contribution in [1.82, 2.24) is 0 Å². The maximum Gasteiger partial charge on any atom is 0.335 e. The van der Waals surface area contributed by atoms with Crippen LogP contribution in [0.15, 0.2) is 47.4 Å². The van der Waals surface area contributed by atoms with Gasteiger partial charge in [-0.05, 0) is 42.8 Å². The van der Waals surface area contributed by atoms with Gasteiger partial charge in [-0.25, -0.2) is 9.18 Å². The summed E-state index contributed by atoms with van der Waals surface area (Å²) in [5.74, 6) is -0.169. The van der Waals surface area contributed by atoms with E-state index in [0.717, 1.165) is 11.3 Å². The molecule has 0 amide bonds. The third-order valence-corrected chi connectivity index (χ3v) is 3.77. The lowest BCUT2D eigenvalue weighted by molar-refractivity contribution is 0.0696. The molecule has 0 bridgehead atoms. The number of halogens is 1. The second kappa shape index (κ2) is 7.13. The molecule has 0 spiro atoms. The maximum atomic E-state index is 13.6. The molecule has 21 heavy (non-hydrogen) atoms. The highest BCUT2D eigenvalue weighted by Gasteiger charge is 2.08. The molecule has 3 nitrogen and oxygen atoms in total. The molecule has 0 aliphatic carbocycles. The Labute approximate surface area is 126 Å². The van der Waals surface area contributed by atoms with Gasteiger partial charge in [0.15, 0.2) is 0 Å². The molecule has 0 aromatic heterocycles. The minimum absolute atomic E-state index is 0.0819. The molecule has 0 unspecified atom stereocenters. The third kappa shape index (κ3) is 4.49. The number of carboxylic acid groups (broad SMARTS) is 1. The predicted molar refractivity (Wildman–Crippen MR) is 80.8 cm³/mol. The minimum atomic E-state index is -1.06. The van der Waals surface area contributed by atoms with Gasteiger partial charge in [-0.3, -0.25) is 0 Å². The summed E-state index contributed by atoms with van der Waals surface area (Å²) < 4.78 is 19.1. The summed E-state index contributed by atoms with van der Waals surface area (Å²) in [5, 5.41) is 8.89. The number of carbonyl (C=O) groups is 1. The summed E-state index contributed by atoms with van der Waals surface area (Å²) >= 11 is 1.24. The first-order valence-electron chi connectivity index (χ1n) is 6.41. The lowest BCUT2D eigenvalue weighted by Crippen LogP contribution is -2.01. The van der Waals surface area contributed by atoms with E-state index in [1.807, 2.05) is 31.2 Å². The zero-order chi connectivity index (χ0) is 15.2. The number of rotatable bonds is 6. The predicted octanol–water partition coefficient (Wildman–Crippen LogP) is 4.00. The molecule has 0 heterocycles. The highest BCUT2D eigenvalue weighted by molar-refractivity contribution is 7.99. The van der Waals surface area contributed by atoms with Crippen LogP contribution in [0, 0.1) is 12.7 Å². The molecular weight excluding hydrogens is 291 g/mol. The molecule has 110 valence electrons. The minimum Gasteiger partial charge on any atom is -0.493 e. The first kappa shape index (κ1) is 15.4. The highest BCUT2D eigenvalue weighted by atomic mass is 32.2. The normalized spacial score (nSPS) is 10.4. The van der Waals surface area contributed by atoms with Crippen molar-refractivity contribution in [2.24, 2.45) is 0 Å². The van der Waals surface area contributed by atoms with E-state index in [-0.39, 0.29) is 5.56 Å². The molecule has 2 aromatic rings. The lowest BCUT2D eigenvalue weighted by atomic mass is 10.2. The molecule has 5 heteroatoms. The van der Waals surface area contributed by atoms with E-state index in [2.05, 4.69) is 0 Å². The quantitative estimate of drug-likeness (QED) is 0.647. The second-order valence-corrected chi connectivity index (χ2v) is 5.60. The summed E-state index contributed by atoms with van der Waals surface area (Å²) in [6.45, 7) is 2.40. The van der Waals surface area contributed by atoms with Crippen molar-refractivity contribution >= 4 is 17.7 Å². The van der Waals surface area contributed by atoms with Crippen LogP contribution in [0.25, 0.3) is 0 Å². The van der Waals surface area contributed by atoms with Gasteiger partial charge >= 0.3 is 5.97 Å². The average Bonchev–Trinajstić information content (AvgIpc) is 2.45. The zero-order valence-electron chi connectivity index (χ0n) is 11.5. The van der Waals surface area contributed by atoms with Crippen LogP contribution < -0.4 is 4.74 Å². The molecule has 0 radical (unpaired) electrons. The van der Waals surface area contributed by atoms with Gasteiger partial charge in [0, 0.05) is 10.6 Å². The molecule has 0 aliphatic heterocycles. The van der Waals surface area contributed by atoms with Crippen molar-refractivity contribution in [2.75, 3.05) is 12.4 Å². The summed E-state index contributed by atoms with van der Waals surface area (Å²) in [6.07, 6.45) is 0. The van der Waals surface area contributed by atoms with E-state index in [1.165, 1.54) is 30.0 Å². The standard InChI is InChI=1S/C16H15FO3S/c1-11-3-2-4-13(9-11)20-7-8-21-15-10-12(16(18)19)5-6-14(15)17/h2-6,9-10H,7-8H2,1H3,(H,18,19). The van der Waals surface area contributed by atoms with Crippen molar-refractivity contribution < 1.29 is 19.0 Å². The van der Waals surface area contributed by atoms with E-state index in [0.29, 0.717) is 17.3 Å². The van der Waals surface area contributed by atoms with Gasteiger partial charge in [-0.15, -0.1) is 11.8 Å². The Bertz CT molecular complexity index is 643. The van der Waals surface area contributed by atoms with Gasteiger partial charge in [-0.1, -0.05) is 12.1 Å². The largest absolute Gasteiger partial charge is 0.493 e. The SMILES string of the molecule is Cc1cccc(OCCSc2cc(C(=O)O)ccc2F)c1. The third-order valence-electron chi connectivity index (χ3n) is 2.78. The topological polar surface area (TPSA) is 46.5 Å². The zero-order valence-corrected chi connectivity index (χ0v) is 12.3. The fraction of sp³-hybridized carbons (Fsp3) is 0.188. The van der Waals surface area contributed by atoms with E-state index in [9.17, 15) is 9.18 Å². The number of carboxylic acids is 1. The molecule has 2 aromatic carbocycles. The van der Waals surface area contributed by atoms with Crippen LogP contribution >= 0.6 is 11.8 Å². The Morgan fingerprint density at radius 3 is 2.81 bits per heavy atom. The molecule has 0 fully saturated rings. The smallest absolute Gasteiger partial charge is 0.335 e. The van der Waals surface area contributed by atoms with Gasteiger partial charge in [0.2, 0.25) is 0 Å². The first-order valence-corrected chi connectivity index (χ1v) is 7.40. The van der Waals surface area contributed by atoms with Gasteiger partial charge in [0.1, 0.15) is 11.6 Å². The van der Waals surface area contributed by atoms with Gasteiger partial charge in [0.25, 0.3) is 0 Å². The van der Waals surface area contributed by atoms with Crippen molar-refractivity contribution in [3.8, 4) is 5.75 Å². The van der Waals surface area contributed by atoms with Crippen molar-refractivity contribution in [2.45, 2.75) is 11.8 Å². The number of ether oxygens (including phenoxy) is 1. The first-order chi connectivity index (χ1) is 10.1. The number of thioether (sulfide) groups is 1. The fourth-order valence-electron chi connectivity index (χ4n) is 1.76. The molecule has 0 saturated heterocycles. The number of hydrogen-bond acceptors (Lipinski definition) is 3. The number of hydrogen-bond donors (Lipinski definition) is 1. The number of aryl methyl sites for hydroxylation is 1. The van der Waals surface area contributed by atoms with Crippen molar-refractivity contribution in [3.63, 3.8) is 0 Å². The Morgan fingerprint density at radius 2 is 2.10 bits per heavy atom. The van der Waals surface area contributed by atoms with Crippen LogP contribution in [0.1, 0.15) is 15.9 Å². The Kier molecular flexibility index (Phi) is 5.22. The van der Waals surface area contributed by atoms with E-state index in [4.69, 9.17) is 9.84 Å². The number of aromatic carboxylic acids is 1. The average molecular weight is 306 g/mol. The van der Waals surface area contributed by atoms with Crippen molar-refractivity contribution in [1.29, 1.82) is 0 Å². The van der Waals surface area contributed by atoms with Crippen LogP contribution in [0.5, 0.6) is 5.75 Å². The van der Waals surface area contributed by atoms with Crippen LogP contribution in [0.3, 0.4) is 0 Å². The van der Waals surface area contributed by atoms with E-state index < -0.39 is 11.8 Å². The molecule has 0 atom stereocenters. The van der Waals surface area contributed by atoms with Crippen LogP contribution in [0.4, 0.5) is 4.39 Å². The summed E-state index contributed by atoms with van der Waals surface area (Å²) in [7, 11) is 0. The van der Waals surface area contributed by atoms with Gasteiger partial charge < -0.3 is 9.84 Å². The number of benzene rings is 2. The summed E-state index contributed by atoms with van der Waals surface area (Å²) in [6, 6.07) is 11.5. The molecular formula is C16H15FO3S. The molecule has 2 rings (SSSR count). The highest BCUT2D eigenvalue weighted by Crippen LogP contribution is 2.23. The van der Waals surface area contributed by atoms with E-state index >= 15 is 0 Å². The monoisotopic (exact) mass is 306 g/mol. The Balaban J connectivity index is 1.88. The Hall–Kier alpha value is -2.01. The lowest BCUT2D eigenvalue weighted by Gasteiger charge is -2.07. The second-order valence-electron chi connectivity index (χ2n) is 4.46. The fourth-order valence-corrected chi connectivity index (χ4v) is 2.57. The van der Waals surface area contributed by atoms with Crippen LogP contribution in [-0.2, 0) is 0 Å². The summed E-state index contributed by atoms with van der Waals surface area (Å²) in [5.41, 5.74) is 1.19. The van der Waals surface area contributed by atoms with Gasteiger partial charge in [0.05, 0.1) is 12.2 Å². The van der Waals surface area contributed by atoms with E-state index in [1.54, 1.807) is 0 Å². The summed E-state index contributed by atoms with van der Waals surface area (Å²) in [4.78, 5) is 11.2. The molecule has 1 N–H and O–H groups in total. The Morgan fingerprint density at radius 1 is 1.29 bits per heavy atom. The van der Waals surface area contributed by atoms with Gasteiger partial charge in [-0.2, -0.15) is 0 Å². The molecule has 0 aliphatic rings.